The zero-order valence-corrected chi connectivity index (χ0v) is 7.62. The summed E-state index contributed by atoms with van der Waals surface area (Å²) in [5, 5.41) is 3.70. The van der Waals surface area contributed by atoms with Gasteiger partial charge in [0.05, 0.1) is 0 Å². The third-order valence-corrected chi connectivity index (χ3v) is 2.47. The Kier molecular flexibility index (Phi) is 2.18. The standard InChI is InChI=1S/C8H13N3O2/c1-11-4-2-3-6(5-11)7-9-8(12)13-10-7/h6H,2-5H2,1H3,(H,9,10,12). The molecule has 1 aliphatic rings. The Hall–Kier alpha value is -1.10. The van der Waals surface area contributed by atoms with Crippen LogP contribution in [0.5, 0.6) is 0 Å². The molecule has 1 unspecified atom stereocenters. The Balaban J connectivity index is 2.12. The molecule has 1 atom stereocenters. The molecule has 13 heavy (non-hydrogen) atoms. The summed E-state index contributed by atoms with van der Waals surface area (Å²) in [6.07, 6.45) is 2.23. The molecule has 0 radical (unpaired) electrons. The molecule has 2 rings (SSSR count). The Morgan fingerprint density at radius 3 is 3.15 bits per heavy atom. The van der Waals surface area contributed by atoms with Crippen LogP contribution in [0.3, 0.4) is 0 Å². The van der Waals surface area contributed by atoms with Crippen LogP contribution in [-0.4, -0.2) is 35.2 Å². The number of rotatable bonds is 1. The van der Waals surface area contributed by atoms with Crippen molar-refractivity contribution in [1.82, 2.24) is 15.0 Å². The zero-order valence-electron chi connectivity index (χ0n) is 7.62. The summed E-state index contributed by atoms with van der Waals surface area (Å²) in [7, 11) is 2.07. The highest BCUT2D eigenvalue weighted by Crippen LogP contribution is 2.22. The number of hydrogen-bond acceptors (Lipinski definition) is 4. The SMILES string of the molecule is CN1CCCC(c2noc(=O)[nH]2)C1. The third-order valence-electron chi connectivity index (χ3n) is 2.47. The van der Waals surface area contributed by atoms with Crippen molar-refractivity contribution in [1.29, 1.82) is 0 Å². The van der Waals surface area contributed by atoms with E-state index < -0.39 is 5.76 Å². The number of aromatic nitrogens is 2. The van der Waals surface area contributed by atoms with Crippen molar-refractivity contribution in [3.63, 3.8) is 0 Å². The zero-order chi connectivity index (χ0) is 9.26. The molecule has 1 aromatic heterocycles. The first-order chi connectivity index (χ1) is 6.25. The van der Waals surface area contributed by atoms with Crippen molar-refractivity contribution in [3.8, 4) is 0 Å². The van der Waals surface area contributed by atoms with Crippen LogP contribution in [0.2, 0.25) is 0 Å². The van der Waals surface area contributed by atoms with Crippen LogP contribution < -0.4 is 5.76 Å². The molecule has 0 aromatic carbocycles. The summed E-state index contributed by atoms with van der Waals surface area (Å²) in [6, 6.07) is 0. The molecule has 5 nitrogen and oxygen atoms in total. The number of aromatic amines is 1. The average Bonchev–Trinajstić information content (AvgIpc) is 2.52. The maximum atomic E-state index is 10.7. The van der Waals surface area contributed by atoms with Crippen LogP contribution in [0.25, 0.3) is 0 Å². The van der Waals surface area contributed by atoms with Gasteiger partial charge in [-0.05, 0) is 26.4 Å². The van der Waals surface area contributed by atoms with Gasteiger partial charge < -0.3 is 4.90 Å². The highest BCUT2D eigenvalue weighted by atomic mass is 16.5. The van der Waals surface area contributed by atoms with Gasteiger partial charge in [0.25, 0.3) is 0 Å². The number of nitrogens with one attached hydrogen (secondary N) is 1. The first-order valence-corrected chi connectivity index (χ1v) is 4.50. The summed E-state index contributed by atoms with van der Waals surface area (Å²) in [4.78, 5) is 15.6. The molecular formula is C8H13N3O2. The second-order valence-electron chi connectivity index (χ2n) is 3.58. The normalized spacial score (nSPS) is 24.8. The number of hydrogen-bond donors (Lipinski definition) is 1. The van der Waals surface area contributed by atoms with E-state index in [4.69, 9.17) is 0 Å². The van der Waals surface area contributed by atoms with Gasteiger partial charge in [0, 0.05) is 12.5 Å². The minimum absolute atomic E-state index is 0.324. The topological polar surface area (TPSA) is 62.1 Å². The van der Waals surface area contributed by atoms with E-state index in [1.165, 1.54) is 0 Å². The Bertz CT molecular complexity index is 330. The summed E-state index contributed by atoms with van der Waals surface area (Å²) in [5.74, 6) is 0.560. The van der Waals surface area contributed by atoms with Gasteiger partial charge in [-0.2, -0.15) is 0 Å². The smallest absolute Gasteiger partial charge is 0.306 e. The van der Waals surface area contributed by atoms with Crippen LogP contribution in [0, 0.1) is 0 Å². The lowest BCUT2D eigenvalue weighted by Crippen LogP contribution is -2.31. The minimum Gasteiger partial charge on any atom is -0.306 e. The summed E-state index contributed by atoms with van der Waals surface area (Å²) < 4.78 is 4.47. The van der Waals surface area contributed by atoms with Crippen molar-refractivity contribution >= 4 is 0 Å². The van der Waals surface area contributed by atoms with Gasteiger partial charge in [0.15, 0.2) is 5.82 Å². The fourth-order valence-corrected chi connectivity index (χ4v) is 1.81. The predicted octanol–water partition coefficient (Wildman–Crippen LogP) is 0.172. The van der Waals surface area contributed by atoms with E-state index in [9.17, 15) is 4.79 Å². The highest BCUT2D eigenvalue weighted by molar-refractivity contribution is 4.95. The van der Waals surface area contributed by atoms with E-state index in [0.29, 0.717) is 11.7 Å². The van der Waals surface area contributed by atoms with Gasteiger partial charge in [0.2, 0.25) is 0 Å². The van der Waals surface area contributed by atoms with Gasteiger partial charge in [0.1, 0.15) is 0 Å². The number of nitrogens with zero attached hydrogens (tertiary/aromatic N) is 2. The van der Waals surface area contributed by atoms with Crippen molar-refractivity contribution in [2.75, 3.05) is 20.1 Å². The van der Waals surface area contributed by atoms with Crippen LogP contribution in [-0.2, 0) is 0 Å². The first-order valence-electron chi connectivity index (χ1n) is 4.50. The Labute approximate surface area is 75.7 Å². The number of H-pyrrole nitrogens is 1. The highest BCUT2D eigenvalue weighted by Gasteiger charge is 2.21. The largest absolute Gasteiger partial charge is 0.438 e. The molecule has 0 saturated carbocycles. The van der Waals surface area contributed by atoms with Crippen molar-refractivity contribution in [2.24, 2.45) is 0 Å². The lowest BCUT2D eigenvalue weighted by molar-refractivity contribution is 0.242. The molecule has 1 saturated heterocycles. The molecule has 0 bridgehead atoms. The number of likely N-dealkylation sites (N-methyl/N-ethyl adjacent to an activating group) is 1. The summed E-state index contributed by atoms with van der Waals surface area (Å²) in [6.45, 7) is 2.07. The molecule has 1 aromatic rings. The number of likely N-dealkylation sites (tertiary alicyclic amines) is 1. The third kappa shape index (κ3) is 1.80. The van der Waals surface area contributed by atoms with Crippen LogP contribution in [0.4, 0.5) is 0 Å². The van der Waals surface area contributed by atoms with E-state index in [1.54, 1.807) is 0 Å². The molecule has 1 fully saturated rings. The molecule has 0 amide bonds. The van der Waals surface area contributed by atoms with E-state index in [1.807, 2.05) is 0 Å². The van der Waals surface area contributed by atoms with Crippen LogP contribution in [0.15, 0.2) is 9.32 Å². The molecule has 1 aliphatic heterocycles. The predicted molar refractivity (Wildman–Crippen MR) is 46.6 cm³/mol. The van der Waals surface area contributed by atoms with Crippen LogP contribution in [0.1, 0.15) is 24.6 Å². The molecule has 1 N–H and O–H groups in total. The van der Waals surface area contributed by atoms with Gasteiger partial charge in [-0.3, -0.25) is 9.51 Å². The van der Waals surface area contributed by atoms with E-state index >= 15 is 0 Å². The molecular weight excluding hydrogens is 170 g/mol. The minimum atomic E-state index is -0.455. The van der Waals surface area contributed by atoms with Crippen molar-refractivity contribution in [2.45, 2.75) is 18.8 Å². The molecule has 2 heterocycles. The second kappa shape index (κ2) is 3.33. The maximum absolute atomic E-state index is 10.7. The lowest BCUT2D eigenvalue weighted by atomic mass is 9.98. The van der Waals surface area contributed by atoms with E-state index in [0.717, 1.165) is 25.9 Å². The van der Waals surface area contributed by atoms with Gasteiger partial charge in [-0.15, -0.1) is 0 Å². The summed E-state index contributed by atoms with van der Waals surface area (Å²) in [5.41, 5.74) is 0. The fourth-order valence-electron chi connectivity index (χ4n) is 1.81. The van der Waals surface area contributed by atoms with E-state index in [2.05, 4.69) is 26.6 Å². The number of piperidine rings is 1. The fraction of sp³-hybridized carbons (Fsp3) is 0.750. The first kappa shape index (κ1) is 8.50. The Morgan fingerprint density at radius 2 is 2.54 bits per heavy atom. The quantitative estimate of drug-likeness (QED) is 0.674. The van der Waals surface area contributed by atoms with Gasteiger partial charge in [-0.25, -0.2) is 4.79 Å². The monoisotopic (exact) mass is 183 g/mol. The van der Waals surface area contributed by atoms with Gasteiger partial charge >= 0.3 is 5.76 Å². The van der Waals surface area contributed by atoms with Crippen LogP contribution >= 0.6 is 0 Å². The second-order valence-corrected chi connectivity index (χ2v) is 3.58. The maximum Gasteiger partial charge on any atom is 0.438 e. The average molecular weight is 183 g/mol. The van der Waals surface area contributed by atoms with Gasteiger partial charge in [-0.1, -0.05) is 5.16 Å². The van der Waals surface area contributed by atoms with Crippen molar-refractivity contribution in [3.05, 3.63) is 16.4 Å². The molecule has 72 valence electrons. The molecule has 0 aliphatic carbocycles. The molecule has 0 spiro atoms. The summed E-state index contributed by atoms with van der Waals surface area (Å²) >= 11 is 0. The van der Waals surface area contributed by atoms with Crippen molar-refractivity contribution < 1.29 is 4.52 Å². The lowest BCUT2D eigenvalue weighted by Gasteiger charge is -2.27. The van der Waals surface area contributed by atoms with E-state index in [-0.39, 0.29) is 0 Å². The molecule has 5 heteroatoms. The Morgan fingerprint density at radius 1 is 1.69 bits per heavy atom.